The first-order valence-corrected chi connectivity index (χ1v) is 10.3. The molecule has 1 aromatic carbocycles. The normalized spacial score (nSPS) is 14.5. The van der Waals surface area contributed by atoms with E-state index < -0.39 is 0 Å². The Morgan fingerprint density at radius 3 is 2.60 bits per heavy atom. The summed E-state index contributed by atoms with van der Waals surface area (Å²) in [5.41, 5.74) is 3.17. The first-order valence-electron chi connectivity index (χ1n) is 10.3. The van der Waals surface area contributed by atoms with Gasteiger partial charge in [0.1, 0.15) is 12.4 Å². The summed E-state index contributed by atoms with van der Waals surface area (Å²) in [6.45, 7) is 3.93. The molecule has 3 heterocycles. The number of aryl methyl sites for hydroxylation is 1. The predicted molar refractivity (Wildman–Crippen MR) is 112 cm³/mol. The van der Waals surface area contributed by atoms with Crippen molar-refractivity contribution in [2.24, 2.45) is 5.92 Å². The third-order valence-corrected chi connectivity index (χ3v) is 5.26. The lowest BCUT2D eigenvalue weighted by atomic mass is 9.98. The second kappa shape index (κ2) is 9.43. The van der Waals surface area contributed by atoms with E-state index >= 15 is 0 Å². The molecule has 156 valence electrons. The molecule has 3 aromatic rings. The minimum Gasteiger partial charge on any atom is -0.410 e. The molecule has 0 saturated carbocycles. The van der Waals surface area contributed by atoms with Gasteiger partial charge in [0.25, 0.3) is 0 Å². The molecule has 2 aromatic heterocycles. The largest absolute Gasteiger partial charge is 0.415 e. The van der Waals surface area contributed by atoms with Crippen LogP contribution < -0.4 is 9.57 Å². The zero-order chi connectivity index (χ0) is 20.8. The summed E-state index contributed by atoms with van der Waals surface area (Å²) in [7, 11) is 0. The Bertz CT molecular complexity index is 949. The van der Waals surface area contributed by atoms with Crippen LogP contribution >= 0.6 is 0 Å². The molecular weight excluding hydrogens is 380 g/mol. The van der Waals surface area contributed by atoms with E-state index in [2.05, 4.69) is 10.1 Å². The van der Waals surface area contributed by atoms with E-state index in [0.29, 0.717) is 31.4 Å². The Labute approximate surface area is 176 Å². The molecule has 0 bridgehead atoms. The highest BCUT2D eigenvalue weighted by Gasteiger charge is 2.24. The van der Waals surface area contributed by atoms with Gasteiger partial charge in [-0.25, -0.2) is 4.79 Å². The van der Waals surface area contributed by atoms with E-state index in [4.69, 9.17) is 9.57 Å². The van der Waals surface area contributed by atoms with Crippen molar-refractivity contribution < 1.29 is 14.4 Å². The minimum absolute atomic E-state index is 0.297. The van der Waals surface area contributed by atoms with Crippen molar-refractivity contribution in [1.82, 2.24) is 19.8 Å². The van der Waals surface area contributed by atoms with Crippen LogP contribution in [0.1, 0.15) is 29.8 Å². The summed E-state index contributed by atoms with van der Waals surface area (Å²) in [6, 6.07) is 15.5. The lowest BCUT2D eigenvalue weighted by Crippen LogP contribution is -2.41. The van der Waals surface area contributed by atoms with E-state index in [0.717, 1.165) is 36.2 Å². The molecule has 0 spiro atoms. The van der Waals surface area contributed by atoms with Crippen molar-refractivity contribution >= 4 is 6.09 Å². The van der Waals surface area contributed by atoms with Crippen molar-refractivity contribution in [3.63, 3.8) is 0 Å². The number of hydrogen-bond acceptors (Lipinski definition) is 5. The Hall–Kier alpha value is -3.35. The number of piperidine rings is 1. The highest BCUT2D eigenvalue weighted by Crippen LogP contribution is 2.20. The molecule has 1 fully saturated rings. The van der Waals surface area contributed by atoms with Crippen LogP contribution in [0.15, 0.2) is 60.9 Å². The number of pyridine rings is 1. The SMILES string of the molecule is Cc1cccc(Cc2ccc(OC(=O)N3CCC(COn4cccn4)CC3)cc2)n1. The van der Waals surface area contributed by atoms with Gasteiger partial charge in [0, 0.05) is 30.9 Å². The van der Waals surface area contributed by atoms with Crippen LogP contribution in [0.25, 0.3) is 0 Å². The van der Waals surface area contributed by atoms with Crippen molar-refractivity contribution in [2.45, 2.75) is 26.2 Å². The van der Waals surface area contributed by atoms with Crippen molar-refractivity contribution in [3.8, 4) is 5.75 Å². The fourth-order valence-corrected chi connectivity index (χ4v) is 3.54. The van der Waals surface area contributed by atoms with Crippen molar-refractivity contribution in [2.75, 3.05) is 19.7 Å². The molecule has 0 atom stereocenters. The standard InChI is InChI=1S/C23H26N4O3/c1-18-4-2-5-21(25-18)16-19-6-8-22(9-7-19)30-23(28)26-14-10-20(11-15-26)17-29-27-13-3-12-24-27/h2-9,12-13,20H,10-11,14-17H2,1H3. The predicted octanol–water partition coefficient (Wildman–Crippen LogP) is 3.52. The quantitative estimate of drug-likeness (QED) is 0.627. The number of carbonyl (C=O) groups excluding carboxylic acids is 1. The molecule has 1 aliphatic rings. The number of hydrogen-bond donors (Lipinski definition) is 0. The van der Waals surface area contributed by atoms with Gasteiger partial charge >= 0.3 is 6.09 Å². The van der Waals surface area contributed by atoms with E-state index in [1.165, 1.54) is 4.85 Å². The van der Waals surface area contributed by atoms with Crippen LogP contribution in [0.4, 0.5) is 4.79 Å². The maximum atomic E-state index is 12.5. The fourth-order valence-electron chi connectivity index (χ4n) is 3.54. The maximum Gasteiger partial charge on any atom is 0.415 e. The molecule has 1 aliphatic heterocycles. The van der Waals surface area contributed by atoms with Gasteiger partial charge < -0.3 is 14.5 Å². The van der Waals surface area contributed by atoms with E-state index in [1.54, 1.807) is 17.3 Å². The summed E-state index contributed by atoms with van der Waals surface area (Å²) in [5, 5.41) is 4.03. The molecular formula is C23H26N4O3. The number of benzene rings is 1. The number of carbonyl (C=O) groups is 1. The second-order valence-corrected chi connectivity index (χ2v) is 7.59. The number of amides is 1. The fraction of sp³-hybridized carbons (Fsp3) is 0.348. The Morgan fingerprint density at radius 2 is 1.90 bits per heavy atom. The van der Waals surface area contributed by atoms with Gasteiger partial charge in [-0.1, -0.05) is 18.2 Å². The summed E-state index contributed by atoms with van der Waals surface area (Å²) >= 11 is 0. The van der Waals surface area contributed by atoms with Crippen LogP contribution in [-0.4, -0.2) is 45.6 Å². The number of rotatable bonds is 6. The summed E-state index contributed by atoms with van der Waals surface area (Å²) in [6.07, 6.45) is 5.69. The molecule has 4 rings (SSSR count). The lowest BCUT2D eigenvalue weighted by Gasteiger charge is -2.30. The van der Waals surface area contributed by atoms with Gasteiger partial charge in [-0.15, -0.1) is 9.94 Å². The monoisotopic (exact) mass is 406 g/mol. The Morgan fingerprint density at radius 1 is 1.10 bits per heavy atom. The van der Waals surface area contributed by atoms with E-state index in [1.807, 2.05) is 55.5 Å². The molecule has 7 nitrogen and oxygen atoms in total. The van der Waals surface area contributed by atoms with Gasteiger partial charge in [-0.05, 0) is 61.6 Å². The van der Waals surface area contributed by atoms with Crippen LogP contribution in [0.2, 0.25) is 0 Å². The first kappa shape index (κ1) is 19.9. The van der Waals surface area contributed by atoms with E-state index in [-0.39, 0.29) is 6.09 Å². The molecule has 1 saturated heterocycles. The third kappa shape index (κ3) is 5.37. The van der Waals surface area contributed by atoms with Crippen LogP contribution in [-0.2, 0) is 6.42 Å². The summed E-state index contributed by atoms with van der Waals surface area (Å²) in [5.74, 6) is 0.970. The number of nitrogens with zero attached hydrogens (tertiary/aromatic N) is 4. The molecule has 30 heavy (non-hydrogen) atoms. The Kier molecular flexibility index (Phi) is 6.27. The molecule has 0 unspecified atom stereocenters. The van der Waals surface area contributed by atoms with Crippen molar-refractivity contribution in [1.29, 1.82) is 0 Å². The Balaban J connectivity index is 1.23. The van der Waals surface area contributed by atoms with Gasteiger partial charge in [0.05, 0.1) is 12.4 Å². The first-order chi connectivity index (χ1) is 14.7. The zero-order valence-electron chi connectivity index (χ0n) is 17.1. The lowest BCUT2D eigenvalue weighted by molar-refractivity contribution is 0.0366. The average Bonchev–Trinajstić information content (AvgIpc) is 3.28. The minimum atomic E-state index is -0.297. The third-order valence-electron chi connectivity index (χ3n) is 5.26. The zero-order valence-corrected chi connectivity index (χ0v) is 17.1. The highest BCUT2D eigenvalue weighted by atomic mass is 16.7. The summed E-state index contributed by atoms with van der Waals surface area (Å²) in [4.78, 5) is 25.8. The topological polar surface area (TPSA) is 69.5 Å². The van der Waals surface area contributed by atoms with Crippen LogP contribution in [0.5, 0.6) is 5.75 Å². The number of ether oxygens (including phenoxy) is 1. The van der Waals surface area contributed by atoms with Crippen LogP contribution in [0.3, 0.4) is 0 Å². The van der Waals surface area contributed by atoms with Gasteiger partial charge in [-0.2, -0.15) is 0 Å². The summed E-state index contributed by atoms with van der Waals surface area (Å²) < 4.78 is 5.56. The molecule has 7 heteroatoms. The molecule has 0 radical (unpaired) electrons. The van der Waals surface area contributed by atoms with Crippen molar-refractivity contribution in [3.05, 3.63) is 77.9 Å². The smallest absolute Gasteiger partial charge is 0.410 e. The average molecular weight is 406 g/mol. The molecule has 1 amide bonds. The number of likely N-dealkylation sites (tertiary alicyclic amines) is 1. The highest BCUT2D eigenvalue weighted by molar-refractivity contribution is 5.70. The van der Waals surface area contributed by atoms with E-state index in [9.17, 15) is 4.79 Å². The number of aromatic nitrogens is 3. The maximum absolute atomic E-state index is 12.5. The second-order valence-electron chi connectivity index (χ2n) is 7.59. The molecule has 0 N–H and O–H groups in total. The van der Waals surface area contributed by atoms with Gasteiger partial charge in [-0.3, -0.25) is 4.98 Å². The van der Waals surface area contributed by atoms with Gasteiger partial charge in [0.15, 0.2) is 0 Å². The van der Waals surface area contributed by atoms with Crippen LogP contribution in [0, 0.1) is 12.8 Å². The van der Waals surface area contributed by atoms with Gasteiger partial charge in [0.2, 0.25) is 0 Å². The molecule has 0 aliphatic carbocycles.